The molecule has 0 unspecified atom stereocenters. The van der Waals surface area contributed by atoms with E-state index >= 15 is 0 Å². The first-order valence-corrected chi connectivity index (χ1v) is 5.80. The summed E-state index contributed by atoms with van der Waals surface area (Å²) in [5.74, 6) is 0. The standard InChI is InChI=1S/C13H15N3O/c17-13-9-15(10-13)8-11-2-4-12(5-3-11)16-7-1-6-14-16/h1-7,13,17H,8-10H2. The maximum atomic E-state index is 9.21. The number of hydrogen-bond acceptors (Lipinski definition) is 3. The van der Waals surface area contributed by atoms with E-state index in [9.17, 15) is 5.11 Å². The third kappa shape index (κ3) is 2.23. The van der Waals surface area contributed by atoms with Gasteiger partial charge in [0.2, 0.25) is 0 Å². The van der Waals surface area contributed by atoms with Crippen LogP contribution in [0, 0.1) is 0 Å². The van der Waals surface area contributed by atoms with E-state index in [0.717, 1.165) is 25.3 Å². The van der Waals surface area contributed by atoms with E-state index in [1.54, 1.807) is 6.20 Å². The number of aromatic nitrogens is 2. The highest BCUT2D eigenvalue weighted by Gasteiger charge is 2.23. The van der Waals surface area contributed by atoms with E-state index in [1.807, 2.05) is 16.9 Å². The van der Waals surface area contributed by atoms with Crippen LogP contribution in [0.15, 0.2) is 42.7 Å². The Labute approximate surface area is 100 Å². The molecule has 0 aliphatic carbocycles. The van der Waals surface area contributed by atoms with Gasteiger partial charge in [-0.1, -0.05) is 12.1 Å². The molecule has 0 saturated carbocycles. The molecule has 0 spiro atoms. The molecule has 1 saturated heterocycles. The van der Waals surface area contributed by atoms with E-state index < -0.39 is 0 Å². The van der Waals surface area contributed by atoms with Crippen molar-refractivity contribution in [1.29, 1.82) is 0 Å². The minimum atomic E-state index is -0.127. The molecule has 1 aromatic heterocycles. The molecule has 4 heteroatoms. The fourth-order valence-corrected chi connectivity index (χ4v) is 2.11. The van der Waals surface area contributed by atoms with Gasteiger partial charge < -0.3 is 5.11 Å². The van der Waals surface area contributed by atoms with Crippen molar-refractivity contribution in [3.63, 3.8) is 0 Å². The predicted octanol–water partition coefficient (Wildman–Crippen LogP) is 1.05. The van der Waals surface area contributed by atoms with Crippen molar-refractivity contribution in [3.8, 4) is 5.69 Å². The summed E-state index contributed by atoms with van der Waals surface area (Å²) in [5, 5.41) is 13.4. The van der Waals surface area contributed by atoms with Crippen LogP contribution in [0.5, 0.6) is 0 Å². The van der Waals surface area contributed by atoms with E-state index in [4.69, 9.17) is 0 Å². The van der Waals surface area contributed by atoms with Crippen LogP contribution in [0.25, 0.3) is 5.69 Å². The summed E-state index contributed by atoms with van der Waals surface area (Å²) in [4.78, 5) is 2.23. The zero-order chi connectivity index (χ0) is 11.7. The van der Waals surface area contributed by atoms with Gasteiger partial charge in [0.05, 0.1) is 11.8 Å². The van der Waals surface area contributed by atoms with Gasteiger partial charge in [-0.3, -0.25) is 4.90 Å². The lowest BCUT2D eigenvalue weighted by atomic mass is 10.1. The number of aliphatic hydroxyl groups excluding tert-OH is 1. The summed E-state index contributed by atoms with van der Waals surface area (Å²) in [6.07, 6.45) is 3.58. The van der Waals surface area contributed by atoms with Crippen LogP contribution in [0.2, 0.25) is 0 Å². The summed E-state index contributed by atoms with van der Waals surface area (Å²) >= 11 is 0. The predicted molar refractivity (Wildman–Crippen MR) is 64.8 cm³/mol. The van der Waals surface area contributed by atoms with Gasteiger partial charge in [-0.15, -0.1) is 0 Å². The second kappa shape index (κ2) is 4.31. The molecular formula is C13H15N3O. The van der Waals surface area contributed by atoms with Crippen LogP contribution in [0.4, 0.5) is 0 Å². The molecular weight excluding hydrogens is 214 g/mol. The number of hydrogen-bond donors (Lipinski definition) is 1. The van der Waals surface area contributed by atoms with Crippen LogP contribution in [0.1, 0.15) is 5.56 Å². The van der Waals surface area contributed by atoms with Crippen LogP contribution in [0.3, 0.4) is 0 Å². The summed E-state index contributed by atoms with van der Waals surface area (Å²) in [5.41, 5.74) is 2.34. The Morgan fingerprint density at radius 2 is 2.00 bits per heavy atom. The Kier molecular flexibility index (Phi) is 2.66. The molecule has 1 aliphatic rings. The molecule has 3 rings (SSSR count). The Morgan fingerprint density at radius 1 is 1.24 bits per heavy atom. The van der Waals surface area contributed by atoms with Crippen molar-refractivity contribution < 1.29 is 5.11 Å². The molecule has 0 bridgehead atoms. The monoisotopic (exact) mass is 229 g/mol. The van der Waals surface area contributed by atoms with E-state index in [2.05, 4.69) is 34.3 Å². The number of nitrogens with zero attached hydrogens (tertiary/aromatic N) is 3. The zero-order valence-electron chi connectivity index (χ0n) is 9.53. The molecule has 0 amide bonds. The lowest BCUT2D eigenvalue weighted by Crippen LogP contribution is -2.49. The molecule has 4 nitrogen and oxygen atoms in total. The Balaban J connectivity index is 1.68. The summed E-state index contributed by atoms with van der Waals surface area (Å²) in [6.45, 7) is 2.50. The first-order chi connectivity index (χ1) is 8.31. The van der Waals surface area contributed by atoms with Gasteiger partial charge in [0.1, 0.15) is 0 Å². The van der Waals surface area contributed by atoms with E-state index in [1.165, 1.54) is 5.56 Å². The number of aliphatic hydroxyl groups is 1. The van der Waals surface area contributed by atoms with Gasteiger partial charge in [-0.05, 0) is 23.8 Å². The SMILES string of the molecule is OC1CN(Cc2ccc(-n3cccn3)cc2)C1. The minimum absolute atomic E-state index is 0.127. The quantitative estimate of drug-likeness (QED) is 0.855. The number of rotatable bonds is 3. The maximum Gasteiger partial charge on any atom is 0.0794 e. The van der Waals surface area contributed by atoms with Crippen LogP contribution in [-0.4, -0.2) is 39.0 Å². The van der Waals surface area contributed by atoms with Crippen molar-refractivity contribution in [2.45, 2.75) is 12.6 Å². The summed E-state index contributed by atoms with van der Waals surface area (Å²) < 4.78 is 1.84. The first kappa shape index (κ1) is 10.5. The second-order valence-electron chi connectivity index (χ2n) is 4.46. The van der Waals surface area contributed by atoms with Gasteiger partial charge in [0, 0.05) is 32.0 Å². The molecule has 1 aliphatic heterocycles. The van der Waals surface area contributed by atoms with Gasteiger partial charge in [0.15, 0.2) is 0 Å². The lowest BCUT2D eigenvalue weighted by molar-refractivity contribution is -0.00286. The molecule has 0 radical (unpaired) electrons. The Hall–Kier alpha value is -1.65. The highest BCUT2D eigenvalue weighted by Crippen LogP contribution is 2.14. The number of likely N-dealkylation sites (tertiary alicyclic amines) is 1. The molecule has 1 fully saturated rings. The van der Waals surface area contributed by atoms with Crippen LogP contribution in [-0.2, 0) is 6.54 Å². The highest BCUT2D eigenvalue weighted by molar-refractivity contribution is 5.33. The van der Waals surface area contributed by atoms with Gasteiger partial charge >= 0.3 is 0 Å². The lowest BCUT2D eigenvalue weighted by Gasteiger charge is -2.35. The fourth-order valence-electron chi connectivity index (χ4n) is 2.11. The molecule has 1 N–H and O–H groups in total. The third-order valence-electron chi connectivity index (χ3n) is 3.05. The molecule has 2 heterocycles. The van der Waals surface area contributed by atoms with Gasteiger partial charge in [0.25, 0.3) is 0 Å². The van der Waals surface area contributed by atoms with Gasteiger partial charge in [-0.2, -0.15) is 5.10 Å². The van der Waals surface area contributed by atoms with Crippen LogP contribution < -0.4 is 0 Å². The molecule has 88 valence electrons. The summed E-state index contributed by atoms with van der Waals surface area (Å²) in [6, 6.07) is 10.3. The maximum absolute atomic E-state index is 9.21. The topological polar surface area (TPSA) is 41.3 Å². The fraction of sp³-hybridized carbons (Fsp3) is 0.308. The first-order valence-electron chi connectivity index (χ1n) is 5.80. The molecule has 2 aromatic rings. The number of benzene rings is 1. The van der Waals surface area contributed by atoms with Crippen molar-refractivity contribution >= 4 is 0 Å². The molecule has 1 aromatic carbocycles. The van der Waals surface area contributed by atoms with E-state index in [0.29, 0.717) is 0 Å². The van der Waals surface area contributed by atoms with E-state index in [-0.39, 0.29) is 6.10 Å². The normalized spacial score (nSPS) is 17.0. The average molecular weight is 229 g/mol. The highest BCUT2D eigenvalue weighted by atomic mass is 16.3. The van der Waals surface area contributed by atoms with Crippen molar-refractivity contribution in [2.24, 2.45) is 0 Å². The van der Waals surface area contributed by atoms with Gasteiger partial charge in [-0.25, -0.2) is 4.68 Å². The minimum Gasteiger partial charge on any atom is -0.390 e. The molecule has 17 heavy (non-hydrogen) atoms. The third-order valence-corrected chi connectivity index (χ3v) is 3.05. The Morgan fingerprint density at radius 3 is 2.59 bits per heavy atom. The largest absolute Gasteiger partial charge is 0.390 e. The van der Waals surface area contributed by atoms with Crippen molar-refractivity contribution in [2.75, 3.05) is 13.1 Å². The van der Waals surface area contributed by atoms with Crippen molar-refractivity contribution in [3.05, 3.63) is 48.3 Å². The number of β-amino-alcohol motifs (C(OH)–C–C–N with tert-alkyl or cyclic N) is 1. The Bertz CT molecular complexity index is 472. The zero-order valence-corrected chi connectivity index (χ0v) is 9.53. The smallest absolute Gasteiger partial charge is 0.0794 e. The second-order valence-corrected chi connectivity index (χ2v) is 4.46. The average Bonchev–Trinajstić information content (AvgIpc) is 2.81. The van der Waals surface area contributed by atoms with Crippen molar-refractivity contribution in [1.82, 2.24) is 14.7 Å². The molecule has 0 atom stereocenters. The van der Waals surface area contributed by atoms with Crippen LogP contribution >= 0.6 is 0 Å². The summed E-state index contributed by atoms with van der Waals surface area (Å²) in [7, 11) is 0.